The molecule has 0 aromatic heterocycles. The van der Waals surface area contributed by atoms with Crippen molar-refractivity contribution in [2.45, 2.75) is 51.4 Å². The third-order valence-corrected chi connectivity index (χ3v) is 6.18. The van der Waals surface area contributed by atoms with Crippen LogP contribution in [-0.2, 0) is 0 Å². The fourth-order valence-electron chi connectivity index (χ4n) is 2.88. The molecule has 21 heavy (non-hydrogen) atoms. The molecule has 0 bridgehead atoms. The van der Waals surface area contributed by atoms with Gasteiger partial charge in [0.2, 0.25) is 0 Å². The van der Waals surface area contributed by atoms with Gasteiger partial charge in [0.15, 0.2) is 0 Å². The molecule has 0 aliphatic carbocycles. The van der Waals surface area contributed by atoms with Crippen LogP contribution in [0, 0.1) is 0 Å². The van der Waals surface area contributed by atoms with Gasteiger partial charge in [0.1, 0.15) is 0 Å². The average Bonchev–Trinajstić information content (AvgIpc) is 2.48. The highest BCUT2D eigenvalue weighted by Gasteiger charge is 2.27. The lowest BCUT2D eigenvalue weighted by Crippen LogP contribution is -2.45. The molecular weight excluding hydrogens is 344 g/mol. The number of nitrogens with one attached hydrogen (secondary N) is 1. The Balaban J connectivity index is 2.29. The fraction of sp³-hybridized carbons (Fsp3) is 0.647. The van der Waals surface area contributed by atoms with Gasteiger partial charge in [0.25, 0.3) is 0 Å². The maximum Gasteiger partial charge on any atom is 0.0418 e. The van der Waals surface area contributed by atoms with Crippen LogP contribution in [0.4, 0.5) is 5.69 Å². The maximum atomic E-state index is 3.63. The zero-order valence-corrected chi connectivity index (χ0v) is 15.9. The van der Waals surface area contributed by atoms with Crippen LogP contribution in [0.2, 0.25) is 0 Å². The minimum Gasteiger partial charge on any atom is -0.367 e. The van der Waals surface area contributed by atoms with E-state index in [0.29, 0.717) is 17.3 Å². The van der Waals surface area contributed by atoms with E-state index in [9.17, 15) is 0 Å². The molecule has 1 fully saturated rings. The Kier molecular flexibility index (Phi) is 6.45. The van der Waals surface area contributed by atoms with Crippen molar-refractivity contribution in [2.24, 2.45) is 0 Å². The van der Waals surface area contributed by atoms with E-state index in [0.717, 1.165) is 13.1 Å². The highest BCUT2D eigenvalue weighted by molar-refractivity contribution is 9.10. The van der Waals surface area contributed by atoms with E-state index in [1.807, 2.05) is 0 Å². The minimum absolute atomic E-state index is 0.384. The highest BCUT2D eigenvalue weighted by atomic mass is 79.9. The third-order valence-electron chi connectivity index (χ3n) is 4.35. The fourth-order valence-corrected chi connectivity index (χ4v) is 4.36. The molecule has 3 unspecified atom stereocenters. The van der Waals surface area contributed by atoms with E-state index in [4.69, 9.17) is 0 Å². The van der Waals surface area contributed by atoms with E-state index in [1.165, 1.54) is 27.9 Å². The van der Waals surface area contributed by atoms with Crippen LogP contribution in [0.25, 0.3) is 0 Å². The largest absolute Gasteiger partial charge is 0.367 e. The van der Waals surface area contributed by atoms with Crippen molar-refractivity contribution < 1.29 is 0 Å². The second kappa shape index (κ2) is 7.89. The van der Waals surface area contributed by atoms with Crippen LogP contribution in [0.15, 0.2) is 22.7 Å². The van der Waals surface area contributed by atoms with Gasteiger partial charge in [-0.25, -0.2) is 0 Å². The zero-order valence-electron chi connectivity index (χ0n) is 13.5. The summed E-state index contributed by atoms with van der Waals surface area (Å²) in [7, 11) is 0. The summed E-state index contributed by atoms with van der Waals surface area (Å²) in [4.78, 5) is 2.59. The Bertz CT molecular complexity index is 466. The van der Waals surface area contributed by atoms with E-state index in [2.05, 4.69) is 83.8 Å². The monoisotopic (exact) mass is 370 g/mol. The molecule has 1 aromatic rings. The molecule has 118 valence electrons. The van der Waals surface area contributed by atoms with Crippen LogP contribution >= 0.6 is 27.7 Å². The quantitative estimate of drug-likeness (QED) is 0.797. The minimum atomic E-state index is 0.384. The van der Waals surface area contributed by atoms with E-state index in [1.54, 1.807) is 0 Å². The molecule has 0 radical (unpaired) electrons. The van der Waals surface area contributed by atoms with Crippen LogP contribution in [0.1, 0.15) is 45.7 Å². The van der Waals surface area contributed by atoms with E-state index < -0.39 is 0 Å². The van der Waals surface area contributed by atoms with Crippen molar-refractivity contribution in [3.8, 4) is 0 Å². The first-order valence-electron chi connectivity index (χ1n) is 7.95. The van der Waals surface area contributed by atoms with Crippen LogP contribution in [0.3, 0.4) is 0 Å². The van der Waals surface area contributed by atoms with E-state index >= 15 is 0 Å². The Morgan fingerprint density at radius 1 is 1.43 bits per heavy atom. The standard InChI is InChI=1S/C17H27BrN2S/c1-5-8-19-12(2)16-11-15(18)6-7-17(16)20-9-10-21-14(4)13(20)3/h6-7,11-14,19H,5,8-10H2,1-4H3. The number of rotatable bonds is 5. The molecule has 1 aliphatic rings. The smallest absolute Gasteiger partial charge is 0.0418 e. The summed E-state index contributed by atoms with van der Waals surface area (Å²) in [6, 6.07) is 7.70. The predicted octanol–water partition coefficient (Wildman–Crippen LogP) is 4.84. The molecule has 3 atom stereocenters. The van der Waals surface area contributed by atoms with Gasteiger partial charge in [-0.05, 0) is 50.6 Å². The molecular formula is C17H27BrN2S. The van der Waals surface area contributed by atoms with Crippen molar-refractivity contribution >= 4 is 33.4 Å². The number of halogens is 1. The first-order valence-corrected chi connectivity index (χ1v) is 9.79. The van der Waals surface area contributed by atoms with Gasteiger partial charge in [-0.3, -0.25) is 0 Å². The third kappa shape index (κ3) is 4.17. The topological polar surface area (TPSA) is 15.3 Å². The molecule has 1 heterocycles. The normalized spacial score (nSPS) is 24.1. The summed E-state index contributed by atoms with van der Waals surface area (Å²) >= 11 is 5.72. The van der Waals surface area contributed by atoms with Gasteiger partial charge in [0.05, 0.1) is 0 Å². The molecule has 0 amide bonds. The summed E-state index contributed by atoms with van der Waals surface area (Å²) in [5.41, 5.74) is 2.80. The van der Waals surface area contributed by atoms with E-state index in [-0.39, 0.29) is 0 Å². The lowest BCUT2D eigenvalue weighted by atomic mass is 10.0. The van der Waals surface area contributed by atoms with Gasteiger partial charge in [-0.1, -0.05) is 29.8 Å². The second-order valence-electron chi connectivity index (χ2n) is 5.89. The summed E-state index contributed by atoms with van der Waals surface area (Å²) < 4.78 is 1.17. The molecule has 1 N–H and O–H groups in total. The zero-order chi connectivity index (χ0) is 15.4. The van der Waals surface area contributed by atoms with Gasteiger partial charge < -0.3 is 10.2 Å². The van der Waals surface area contributed by atoms with Crippen molar-refractivity contribution in [1.29, 1.82) is 0 Å². The van der Waals surface area contributed by atoms with Gasteiger partial charge >= 0.3 is 0 Å². The van der Waals surface area contributed by atoms with Crippen LogP contribution in [0.5, 0.6) is 0 Å². The summed E-state index contributed by atoms with van der Waals surface area (Å²) in [5.74, 6) is 1.22. The number of benzene rings is 1. The molecule has 2 nitrogen and oxygen atoms in total. The Morgan fingerprint density at radius 3 is 2.90 bits per heavy atom. The summed E-state index contributed by atoms with van der Waals surface area (Å²) in [6.45, 7) is 11.4. The number of thioether (sulfide) groups is 1. The number of hydrogen-bond donors (Lipinski definition) is 1. The molecule has 0 spiro atoms. The first-order chi connectivity index (χ1) is 10.0. The first kappa shape index (κ1) is 17.2. The van der Waals surface area contributed by atoms with Gasteiger partial charge in [-0.15, -0.1) is 0 Å². The van der Waals surface area contributed by atoms with Crippen LogP contribution < -0.4 is 10.2 Å². The molecule has 1 aromatic carbocycles. The average molecular weight is 371 g/mol. The maximum absolute atomic E-state index is 3.63. The summed E-state index contributed by atoms with van der Waals surface area (Å²) in [5, 5.41) is 4.32. The number of anilines is 1. The lowest BCUT2D eigenvalue weighted by Gasteiger charge is -2.41. The van der Waals surface area contributed by atoms with Crippen molar-refractivity contribution in [3.05, 3.63) is 28.2 Å². The Morgan fingerprint density at radius 2 is 2.19 bits per heavy atom. The number of nitrogens with zero attached hydrogens (tertiary/aromatic N) is 1. The SMILES string of the molecule is CCCNC(C)c1cc(Br)ccc1N1CCSC(C)C1C. The van der Waals surface area contributed by atoms with Gasteiger partial charge in [0, 0.05) is 39.8 Å². The summed E-state index contributed by atoms with van der Waals surface area (Å²) in [6.07, 6.45) is 1.17. The molecule has 4 heteroatoms. The van der Waals surface area contributed by atoms with Gasteiger partial charge in [-0.2, -0.15) is 11.8 Å². The van der Waals surface area contributed by atoms with Crippen molar-refractivity contribution in [2.75, 3.05) is 23.7 Å². The lowest BCUT2D eigenvalue weighted by molar-refractivity contribution is 0.562. The molecule has 2 rings (SSSR count). The predicted molar refractivity (Wildman–Crippen MR) is 99.6 cm³/mol. The number of hydrogen-bond acceptors (Lipinski definition) is 3. The van der Waals surface area contributed by atoms with Crippen LogP contribution in [-0.4, -0.2) is 30.1 Å². The van der Waals surface area contributed by atoms with Crippen molar-refractivity contribution in [3.63, 3.8) is 0 Å². The van der Waals surface area contributed by atoms with Crippen molar-refractivity contribution in [1.82, 2.24) is 5.32 Å². The molecule has 1 aliphatic heterocycles. The second-order valence-corrected chi connectivity index (χ2v) is 8.29. The Hall–Kier alpha value is -0.190. The molecule has 0 saturated carbocycles. The highest BCUT2D eigenvalue weighted by Crippen LogP contribution is 2.35. The Labute approximate surface area is 142 Å². The molecule has 1 saturated heterocycles.